The van der Waals surface area contributed by atoms with Crippen LogP contribution in [0.1, 0.15) is 34.1 Å². The first-order valence-corrected chi connectivity index (χ1v) is 6.76. The van der Waals surface area contributed by atoms with E-state index in [-0.39, 0.29) is 0 Å². The van der Waals surface area contributed by atoms with E-state index >= 15 is 0 Å². The molecule has 3 nitrogen and oxygen atoms in total. The third-order valence-electron chi connectivity index (χ3n) is 4.02. The standard InChI is InChI=1S/C13H29N3/c1-6-16(7-2)12(4)9-14-13-8-11(3)15(5)10-13/h11-14H,6-10H2,1-5H3. The van der Waals surface area contributed by atoms with Crippen LogP contribution in [0.4, 0.5) is 0 Å². The summed E-state index contributed by atoms with van der Waals surface area (Å²) in [5.74, 6) is 0. The maximum atomic E-state index is 3.71. The van der Waals surface area contributed by atoms with Gasteiger partial charge in [-0.15, -0.1) is 0 Å². The van der Waals surface area contributed by atoms with Crippen LogP contribution < -0.4 is 5.32 Å². The molecular weight excluding hydrogens is 198 g/mol. The average molecular weight is 227 g/mol. The molecule has 16 heavy (non-hydrogen) atoms. The van der Waals surface area contributed by atoms with Gasteiger partial charge in [-0.05, 0) is 40.4 Å². The SMILES string of the molecule is CCN(CC)C(C)CNC1CC(C)N(C)C1. The van der Waals surface area contributed by atoms with Crippen LogP contribution in [0, 0.1) is 0 Å². The van der Waals surface area contributed by atoms with Crippen molar-refractivity contribution < 1.29 is 0 Å². The normalized spacial score (nSPS) is 28.9. The van der Waals surface area contributed by atoms with E-state index in [1.165, 1.54) is 13.0 Å². The number of hydrogen-bond acceptors (Lipinski definition) is 3. The Kier molecular flexibility index (Phi) is 5.73. The summed E-state index contributed by atoms with van der Waals surface area (Å²) in [6.45, 7) is 13.7. The van der Waals surface area contributed by atoms with Crippen LogP contribution in [-0.2, 0) is 0 Å². The number of likely N-dealkylation sites (tertiary alicyclic amines) is 1. The number of nitrogens with one attached hydrogen (secondary N) is 1. The Balaban J connectivity index is 2.24. The Morgan fingerprint density at radius 3 is 2.44 bits per heavy atom. The fourth-order valence-corrected chi connectivity index (χ4v) is 2.65. The molecule has 3 heteroatoms. The summed E-state index contributed by atoms with van der Waals surface area (Å²) >= 11 is 0. The van der Waals surface area contributed by atoms with Gasteiger partial charge in [-0.1, -0.05) is 13.8 Å². The van der Waals surface area contributed by atoms with Crippen molar-refractivity contribution in [1.82, 2.24) is 15.1 Å². The summed E-state index contributed by atoms with van der Waals surface area (Å²) in [5.41, 5.74) is 0. The third kappa shape index (κ3) is 3.72. The Labute approximate surface area is 101 Å². The van der Waals surface area contributed by atoms with Gasteiger partial charge in [-0.2, -0.15) is 0 Å². The summed E-state index contributed by atoms with van der Waals surface area (Å²) in [7, 11) is 2.22. The Morgan fingerprint density at radius 2 is 2.00 bits per heavy atom. The molecule has 1 rings (SSSR count). The Hall–Kier alpha value is -0.120. The molecule has 0 aromatic rings. The van der Waals surface area contributed by atoms with E-state index in [4.69, 9.17) is 0 Å². The second-order valence-electron chi connectivity index (χ2n) is 5.20. The van der Waals surface area contributed by atoms with E-state index in [0.29, 0.717) is 12.1 Å². The van der Waals surface area contributed by atoms with Crippen molar-refractivity contribution in [3.05, 3.63) is 0 Å². The minimum atomic E-state index is 0.649. The molecule has 0 aromatic heterocycles. The lowest BCUT2D eigenvalue weighted by Gasteiger charge is -2.27. The van der Waals surface area contributed by atoms with Crippen molar-refractivity contribution in [2.45, 2.75) is 52.2 Å². The van der Waals surface area contributed by atoms with Gasteiger partial charge in [0, 0.05) is 31.2 Å². The summed E-state index contributed by atoms with van der Waals surface area (Å²) < 4.78 is 0. The van der Waals surface area contributed by atoms with Crippen LogP contribution >= 0.6 is 0 Å². The molecular formula is C13H29N3. The van der Waals surface area contributed by atoms with Crippen LogP contribution in [0.3, 0.4) is 0 Å². The molecule has 1 heterocycles. The molecule has 1 aliphatic heterocycles. The van der Waals surface area contributed by atoms with Gasteiger partial charge < -0.3 is 10.2 Å². The minimum absolute atomic E-state index is 0.649. The highest BCUT2D eigenvalue weighted by atomic mass is 15.2. The molecule has 0 amide bonds. The van der Waals surface area contributed by atoms with Gasteiger partial charge in [-0.25, -0.2) is 0 Å². The van der Waals surface area contributed by atoms with Crippen molar-refractivity contribution in [3.8, 4) is 0 Å². The lowest BCUT2D eigenvalue weighted by atomic mass is 10.2. The van der Waals surface area contributed by atoms with Crippen molar-refractivity contribution in [2.24, 2.45) is 0 Å². The number of nitrogens with zero attached hydrogens (tertiary/aromatic N) is 2. The third-order valence-corrected chi connectivity index (χ3v) is 4.02. The lowest BCUT2D eigenvalue weighted by molar-refractivity contribution is 0.221. The number of hydrogen-bond donors (Lipinski definition) is 1. The first-order chi connectivity index (χ1) is 7.58. The van der Waals surface area contributed by atoms with E-state index in [1.807, 2.05) is 0 Å². The van der Waals surface area contributed by atoms with Crippen molar-refractivity contribution >= 4 is 0 Å². The predicted molar refractivity (Wildman–Crippen MR) is 70.9 cm³/mol. The van der Waals surface area contributed by atoms with Crippen molar-refractivity contribution in [2.75, 3.05) is 33.2 Å². The first kappa shape index (κ1) is 13.9. The second-order valence-corrected chi connectivity index (χ2v) is 5.20. The van der Waals surface area contributed by atoms with Gasteiger partial charge in [0.1, 0.15) is 0 Å². The number of likely N-dealkylation sites (N-methyl/N-ethyl adjacent to an activating group) is 2. The molecule has 3 unspecified atom stereocenters. The highest BCUT2D eigenvalue weighted by Crippen LogP contribution is 2.14. The topological polar surface area (TPSA) is 18.5 Å². The first-order valence-electron chi connectivity index (χ1n) is 6.76. The smallest absolute Gasteiger partial charge is 0.0210 e. The summed E-state index contributed by atoms with van der Waals surface area (Å²) in [6, 6.07) is 2.08. The second kappa shape index (κ2) is 6.58. The van der Waals surface area contributed by atoms with Gasteiger partial charge in [0.25, 0.3) is 0 Å². The summed E-state index contributed by atoms with van der Waals surface area (Å²) in [5, 5.41) is 3.71. The molecule has 0 aromatic carbocycles. The van der Waals surface area contributed by atoms with Gasteiger partial charge in [-0.3, -0.25) is 4.90 Å². The molecule has 96 valence electrons. The highest BCUT2D eigenvalue weighted by Gasteiger charge is 2.26. The zero-order valence-corrected chi connectivity index (χ0v) is 11.7. The van der Waals surface area contributed by atoms with Gasteiger partial charge in [0.15, 0.2) is 0 Å². The Morgan fingerprint density at radius 1 is 1.38 bits per heavy atom. The van der Waals surface area contributed by atoms with Gasteiger partial charge in [0.05, 0.1) is 0 Å². The molecule has 0 bridgehead atoms. The quantitative estimate of drug-likeness (QED) is 0.740. The molecule has 0 aliphatic carbocycles. The van der Waals surface area contributed by atoms with Crippen LogP contribution in [0.15, 0.2) is 0 Å². The fourth-order valence-electron chi connectivity index (χ4n) is 2.65. The minimum Gasteiger partial charge on any atom is -0.311 e. The average Bonchev–Trinajstić information content (AvgIpc) is 2.57. The molecule has 1 N–H and O–H groups in total. The maximum Gasteiger partial charge on any atom is 0.0210 e. The molecule has 1 saturated heterocycles. The van der Waals surface area contributed by atoms with Crippen LogP contribution in [0.2, 0.25) is 0 Å². The van der Waals surface area contributed by atoms with Crippen LogP contribution in [0.25, 0.3) is 0 Å². The van der Waals surface area contributed by atoms with Crippen molar-refractivity contribution in [1.29, 1.82) is 0 Å². The fraction of sp³-hybridized carbons (Fsp3) is 1.00. The molecule has 0 radical (unpaired) electrons. The van der Waals surface area contributed by atoms with Gasteiger partial charge in [0.2, 0.25) is 0 Å². The monoisotopic (exact) mass is 227 g/mol. The molecule has 1 aliphatic rings. The molecule has 3 atom stereocenters. The largest absolute Gasteiger partial charge is 0.311 e. The van der Waals surface area contributed by atoms with E-state index < -0.39 is 0 Å². The van der Waals surface area contributed by atoms with Crippen LogP contribution in [0.5, 0.6) is 0 Å². The maximum absolute atomic E-state index is 3.71. The van der Waals surface area contributed by atoms with E-state index in [9.17, 15) is 0 Å². The lowest BCUT2D eigenvalue weighted by Crippen LogP contribution is -2.44. The Bertz CT molecular complexity index is 180. The number of rotatable bonds is 6. The van der Waals surface area contributed by atoms with Crippen LogP contribution in [-0.4, -0.2) is 61.2 Å². The predicted octanol–water partition coefficient (Wildman–Crippen LogP) is 1.40. The zero-order chi connectivity index (χ0) is 12.1. The molecule has 0 spiro atoms. The zero-order valence-electron chi connectivity index (χ0n) is 11.7. The van der Waals surface area contributed by atoms with Gasteiger partial charge >= 0.3 is 0 Å². The van der Waals surface area contributed by atoms with E-state index in [1.54, 1.807) is 0 Å². The van der Waals surface area contributed by atoms with Crippen molar-refractivity contribution in [3.63, 3.8) is 0 Å². The summed E-state index contributed by atoms with van der Waals surface area (Å²) in [6.07, 6.45) is 1.29. The summed E-state index contributed by atoms with van der Waals surface area (Å²) in [4.78, 5) is 4.95. The molecule has 1 fully saturated rings. The molecule has 0 saturated carbocycles. The van der Waals surface area contributed by atoms with E-state index in [2.05, 4.69) is 49.9 Å². The van der Waals surface area contributed by atoms with E-state index in [0.717, 1.165) is 25.7 Å². The highest BCUT2D eigenvalue weighted by molar-refractivity contribution is 4.85.